The van der Waals surface area contributed by atoms with Crippen LogP contribution >= 0.6 is 0 Å². The van der Waals surface area contributed by atoms with Gasteiger partial charge in [-0.25, -0.2) is 0 Å². The van der Waals surface area contributed by atoms with E-state index in [-0.39, 0.29) is 11.5 Å². The van der Waals surface area contributed by atoms with E-state index < -0.39 is 0 Å². The van der Waals surface area contributed by atoms with Gasteiger partial charge in [-0.3, -0.25) is 4.79 Å². The Morgan fingerprint density at radius 2 is 1.76 bits per heavy atom. The van der Waals surface area contributed by atoms with E-state index in [2.05, 4.69) is 36.2 Å². The van der Waals surface area contributed by atoms with Crippen LogP contribution < -0.4 is 10.2 Å². The highest BCUT2D eigenvalue weighted by atomic mass is 16.5. The zero-order chi connectivity index (χ0) is 22.6. The molecule has 1 fully saturated rings. The second-order valence-corrected chi connectivity index (χ2v) is 8.89. The maximum atomic E-state index is 13.3. The fraction of sp³-hybridized carbons (Fsp3) is 0.276. The lowest BCUT2D eigenvalue weighted by molar-refractivity contribution is 0.109. The Labute approximate surface area is 194 Å². The fourth-order valence-electron chi connectivity index (χ4n) is 4.77. The SMILES string of the molecule is CN1CCCCC1CC(Oc1ccc2occ(-c3ccccc3)c(=O)c2c1)c1ccccc1. The maximum Gasteiger partial charge on any atom is 0.200 e. The Kier molecular flexibility index (Phi) is 6.27. The first kappa shape index (κ1) is 21.5. The first-order valence-electron chi connectivity index (χ1n) is 11.7. The van der Waals surface area contributed by atoms with Crippen molar-refractivity contribution < 1.29 is 9.15 Å². The monoisotopic (exact) mass is 439 g/mol. The van der Waals surface area contributed by atoms with Crippen LogP contribution in [0.4, 0.5) is 0 Å². The number of hydrogen-bond acceptors (Lipinski definition) is 4. The van der Waals surface area contributed by atoms with Gasteiger partial charge in [-0.1, -0.05) is 67.1 Å². The molecule has 0 radical (unpaired) electrons. The number of ether oxygens (including phenoxy) is 1. The molecule has 2 unspecified atom stereocenters. The van der Waals surface area contributed by atoms with Gasteiger partial charge in [0.2, 0.25) is 5.43 Å². The maximum absolute atomic E-state index is 13.3. The van der Waals surface area contributed by atoms with E-state index in [0.29, 0.717) is 28.3 Å². The molecule has 168 valence electrons. The highest BCUT2D eigenvalue weighted by molar-refractivity contribution is 5.82. The van der Waals surface area contributed by atoms with Crippen LogP contribution in [0.1, 0.15) is 37.4 Å². The predicted molar refractivity (Wildman–Crippen MR) is 133 cm³/mol. The topological polar surface area (TPSA) is 42.7 Å². The van der Waals surface area contributed by atoms with Gasteiger partial charge in [0.05, 0.1) is 10.9 Å². The molecule has 0 amide bonds. The van der Waals surface area contributed by atoms with Crippen LogP contribution in [0.15, 0.2) is 94.3 Å². The molecule has 5 rings (SSSR count). The lowest BCUT2D eigenvalue weighted by Crippen LogP contribution is -2.37. The van der Waals surface area contributed by atoms with Crippen molar-refractivity contribution in [2.45, 2.75) is 37.8 Å². The molecule has 1 saturated heterocycles. The third-order valence-electron chi connectivity index (χ3n) is 6.69. The number of rotatable bonds is 6. The lowest BCUT2D eigenvalue weighted by Gasteiger charge is -2.35. The zero-order valence-corrected chi connectivity index (χ0v) is 18.9. The van der Waals surface area contributed by atoms with Crippen LogP contribution in [0.5, 0.6) is 5.75 Å². The van der Waals surface area contributed by atoms with E-state index in [1.807, 2.05) is 54.6 Å². The van der Waals surface area contributed by atoms with Crippen LogP contribution in [0.25, 0.3) is 22.1 Å². The highest BCUT2D eigenvalue weighted by Crippen LogP contribution is 2.32. The van der Waals surface area contributed by atoms with Crippen LogP contribution in [0.3, 0.4) is 0 Å². The Hall–Kier alpha value is -3.37. The van der Waals surface area contributed by atoms with Gasteiger partial charge in [0.15, 0.2) is 0 Å². The molecule has 4 heteroatoms. The molecular weight excluding hydrogens is 410 g/mol. The molecule has 1 aliphatic rings. The van der Waals surface area contributed by atoms with Crippen molar-refractivity contribution in [3.8, 4) is 16.9 Å². The lowest BCUT2D eigenvalue weighted by atomic mass is 9.94. The molecule has 1 aromatic heterocycles. The molecular formula is C29H29NO3. The molecule has 1 aliphatic heterocycles. The minimum absolute atomic E-state index is 0.0452. The highest BCUT2D eigenvalue weighted by Gasteiger charge is 2.25. The van der Waals surface area contributed by atoms with Gasteiger partial charge >= 0.3 is 0 Å². The second-order valence-electron chi connectivity index (χ2n) is 8.89. The summed E-state index contributed by atoms with van der Waals surface area (Å²) in [6, 6.07) is 26.0. The van der Waals surface area contributed by atoms with Gasteiger partial charge in [0, 0.05) is 12.5 Å². The van der Waals surface area contributed by atoms with E-state index in [9.17, 15) is 4.79 Å². The number of nitrogens with zero attached hydrogens (tertiary/aromatic N) is 1. The molecule has 0 N–H and O–H groups in total. The van der Waals surface area contributed by atoms with E-state index in [1.54, 1.807) is 6.26 Å². The van der Waals surface area contributed by atoms with Crippen LogP contribution in [-0.2, 0) is 0 Å². The van der Waals surface area contributed by atoms with Gasteiger partial charge in [-0.2, -0.15) is 0 Å². The largest absolute Gasteiger partial charge is 0.486 e. The molecule has 0 bridgehead atoms. The standard InChI is InChI=1S/C29H29NO3/c1-30-17-9-8-14-23(30)18-28(22-12-6-3-7-13-22)33-24-15-16-27-25(19-24)29(31)26(20-32-27)21-10-4-2-5-11-21/h2-7,10-13,15-16,19-20,23,28H,8-9,14,17-18H2,1H3. The van der Waals surface area contributed by atoms with E-state index in [4.69, 9.17) is 9.15 Å². The average Bonchev–Trinajstić information content (AvgIpc) is 2.86. The zero-order valence-electron chi connectivity index (χ0n) is 18.9. The van der Waals surface area contributed by atoms with E-state index in [0.717, 1.165) is 24.1 Å². The van der Waals surface area contributed by atoms with Crippen molar-refractivity contribution in [3.63, 3.8) is 0 Å². The molecule has 33 heavy (non-hydrogen) atoms. The summed E-state index contributed by atoms with van der Waals surface area (Å²) >= 11 is 0. The van der Waals surface area contributed by atoms with Crippen LogP contribution in [0, 0.1) is 0 Å². The quantitative estimate of drug-likeness (QED) is 0.346. The molecule has 4 nitrogen and oxygen atoms in total. The molecule has 0 spiro atoms. The fourth-order valence-corrected chi connectivity index (χ4v) is 4.77. The van der Waals surface area contributed by atoms with Crippen molar-refractivity contribution in [1.29, 1.82) is 0 Å². The first-order chi connectivity index (χ1) is 16.2. The molecule has 0 saturated carbocycles. The van der Waals surface area contributed by atoms with E-state index in [1.165, 1.54) is 19.3 Å². The normalized spacial score (nSPS) is 17.7. The number of likely N-dealkylation sites (tertiary alicyclic amines) is 1. The Bertz CT molecular complexity index is 1270. The van der Waals surface area contributed by atoms with Crippen molar-refractivity contribution in [2.75, 3.05) is 13.6 Å². The summed E-state index contributed by atoms with van der Waals surface area (Å²) in [5.74, 6) is 0.687. The first-order valence-corrected chi connectivity index (χ1v) is 11.7. The number of benzene rings is 3. The summed E-state index contributed by atoms with van der Waals surface area (Å²) in [6.45, 7) is 1.13. The third-order valence-corrected chi connectivity index (χ3v) is 6.69. The number of piperidine rings is 1. The van der Waals surface area contributed by atoms with Crippen molar-refractivity contribution in [2.24, 2.45) is 0 Å². The average molecular weight is 440 g/mol. The van der Waals surface area contributed by atoms with Gasteiger partial charge in [-0.05, 0) is 55.8 Å². The molecule has 0 aliphatic carbocycles. The van der Waals surface area contributed by atoms with Crippen LogP contribution in [-0.4, -0.2) is 24.5 Å². The number of fused-ring (bicyclic) bond motifs is 1. The second kappa shape index (κ2) is 9.63. The van der Waals surface area contributed by atoms with Crippen molar-refractivity contribution in [3.05, 3.63) is 101 Å². The summed E-state index contributed by atoms with van der Waals surface area (Å²) in [5.41, 5.74) is 3.08. The summed E-state index contributed by atoms with van der Waals surface area (Å²) in [6.07, 6.45) is 6.08. The van der Waals surface area contributed by atoms with Gasteiger partial charge in [0.25, 0.3) is 0 Å². The van der Waals surface area contributed by atoms with Crippen molar-refractivity contribution >= 4 is 11.0 Å². The van der Waals surface area contributed by atoms with Crippen LogP contribution in [0.2, 0.25) is 0 Å². The Morgan fingerprint density at radius 1 is 1.00 bits per heavy atom. The van der Waals surface area contributed by atoms with Crippen molar-refractivity contribution in [1.82, 2.24) is 4.90 Å². The molecule has 3 aromatic carbocycles. The molecule has 4 aromatic rings. The predicted octanol–water partition coefficient (Wildman–Crippen LogP) is 6.45. The molecule has 2 heterocycles. The smallest absolute Gasteiger partial charge is 0.200 e. The summed E-state index contributed by atoms with van der Waals surface area (Å²) < 4.78 is 12.3. The minimum Gasteiger partial charge on any atom is -0.486 e. The minimum atomic E-state index is -0.0847. The van der Waals surface area contributed by atoms with E-state index >= 15 is 0 Å². The summed E-state index contributed by atoms with van der Waals surface area (Å²) in [7, 11) is 2.21. The van der Waals surface area contributed by atoms with Gasteiger partial charge in [0.1, 0.15) is 23.7 Å². The Morgan fingerprint density at radius 3 is 2.52 bits per heavy atom. The number of hydrogen-bond donors (Lipinski definition) is 0. The summed E-state index contributed by atoms with van der Waals surface area (Å²) in [4.78, 5) is 15.7. The summed E-state index contributed by atoms with van der Waals surface area (Å²) in [5, 5.41) is 0.537. The van der Waals surface area contributed by atoms with Gasteiger partial charge < -0.3 is 14.1 Å². The Balaban J connectivity index is 1.48. The third kappa shape index (κ3) is 4.71. The molecule has 2 atom stereocenters. The van der Waals surface area contributed by atoms with Gasteiger partial charge in [-0.15, -0.1) is 0 Å².